The number of carbonyl (C=O) groups excluding carboxylic acids is 1. The average Bonchev–Trinajstić information content (AvgIpc) is 3.01. The van der Waals surface area contributed by atoms with Crippen molar-refractivity contribution in [2.24, 2.45) is 10.9 Å². The molecule has 3 N–H and O–H groups in total. The first-order valence-corrected chi connectivity index (χ1v) is 7.83. The third kappa shape index (κ3) is 4.57. The first-order chi connectivity index (χ1) is 10.1. The fourth-order valence-electron chi connectivity index (χ4n) is 1.43. The van der Waals surface area contributed by atoms with E-state index in [1.807, 2.05) is 29.6 Å². The van der Waals surface area contributed by atoms with Crippen LogP contribution in [0.5, 0.6) is 0 Å². The summed E-state index contributed by atoms with van der Waals surface area (Å²) in [7, 11) is 0. The van der Waals surface area contributed by atoms with E-state index in [0.717, 1.165) is 9.35 Å². The molecule has 1 aromatic heterocycles. The van der Waals surface area contributed by atoms with Crippen molar-refractivity contribution in [3.05, 3.63) is 51.1 Å². The topological polar surface area (TPSA) is 76.7 Å². The first kappa shape index (κ1) is 15.5. The van der Waals surface area contributed by atoms with Gasteiger partial charge in [-0.3, -0.25) is 4.79 Å². The molecule has 0 spiro atoms. The fourth-order valence-corrected chi connectivity index (χ4v) is 2.31. The molecular formula is C14H14BrN3O2S. The molecule has 1 atom stereocenters. The largest absolute Gasteiger partial charge is 0.381 e. The number of thiophene rings is 1. The number of hydrogen-bond donors (Lipinski definition) is 2. The highest BCUT2D eigenvalue weighted by Gasteiger charge is 2.14. The zero-order chi connectivity index (χ0) is 15.2. The van der Waals surface area contributed by atoms with Crippen LogP contribution in [0.2, 0.25) is 0 Å². The summed E-state index contributed by atoms with van der Waals surface area (Å²) in [5.41, 5.74) is 6.44. The lowest BCUT2D eigenvalue weighted by Gasteiger charge is -2.11. The lowest BCUT2D eigenvalue weighted by atomic mass is 10.3. The van der Waals surface area contributed by atoms with Crippen LogP contribution in [-0.4, -0.2) is 17.8 Å². The van der Waals surface area contributed by atoms with Gasteiger partial charge in [0.05, 0.1) is 4.88 Å². The molecule has 0 saturated carbocycles. The van der Waals surface area contributed by atoms with Gasteiger partial charge in [-0.05, 0) is 42.6 Å². The third-order valence-electron chi connectivity index (χ3n) is 2.56. The van der Waals surface area contributed by atoms with Gasteiger partial charge >= 0.3 is 0 Å². The molecule has 0 aliphatic carbocycles. The maximum Gasteiger partial charge on any atom is 0.267 e. The summed E-state index contributed by atoms with van der Waals surface area (Å²) >= 11 is 4.79. The molecule has 2 rings (SSSR count). The van der Waals surface area contributed by atoms with E-state index in [-0.39, 0.29) is 11.7 Å². The van der Waals surface area contributed by atoms with Crippen molar-refractivity contribution in [2.45, 2.75) is 13.0 Å². The Morgan fingerprint density at radius 1 is 1.38 bits per heavy atom. The molecule has 0 fully saturated rings. The molecule has 0 aliphatic rings. The van der Waals surface area contributed by atoms with E-state index in [2.05, 4.69) is 26.4 Å². The molecule has 2 aromatic rings. The van der Waals surface area contributed by atoms with E-state index in [4.69, 9.17) is 10.6 Å². The van der Waals surface area contributed by atoms with Crippen molar-refractivity contribution >= 4 is 44.7 Å². The number of anilines is 1. The monoisotopic (exact) mass is 367 g/mol. The highest BCUT2D eigenvalue weighted by atomic mass is 79.9. The Morgan fingerprint density at radius 3 is 2.71 bits per heavy atom. The molecule has 0 aliphatic heterocycles. The number of nitrogens with zero attached hydrogens (tertiary/aromatic N) is 1. The van der Waals surface area contributed by atoms with Gasteiger partial charge in [0.25, 0.3) is 5.91 Å². The van der Waals surface area contributed by atoms with Crippen LogP contribution >= 0.6 is 27.3 Å². The van der Waals surface area contributed by atoms with Crippen LogP contribution in [-0.2, 0) is 9.63 Å². The van der Waals surface area contributed by atoms with E-state index < -0.39 is 6.10 Å². The van der Waals surface area contributed by atoms with E-state index in [0.29, 0.717) is 5.69 Å². The van der Waals surface area contributed by atoms with Gasteiger partial charge in [-0.1, -0.05) is 27.2 Å². The lowest BCUT2D eigenvalue weighted by Crippen LogP contribution is -2.27. The number of amidine groups is 1. The number of halogens is 1. The van der Waals surface area contributed by atoms with Crippen molar-refractivity contribution in [3.8, 4) is 0 Å². The van der Waals surface area contributed by atoms with Gasteiger partial charge in [0.1, 0.15) is 0 Å². The maximum absolute atomic E-state index is 11.9. The minimum atomic E-state index is -0.743. The zero-order valence-corrected chi connectivity index (χ0v) is 13.6. The molecular weight excluding hydrogens is 354 g/mol. The van der Waals surface area contributed by atoms with Crippen LogP contribution in [0.25, 0.3) is 0 Å². The third-order valence-corrected chi connectivity index (χ3v) is 3.98. The zero-order valence-electron chi connectivity index (χ0n) is 11.2. The van der Waals surface area contributed by atoms with Gasteiger partial charge in [-0.2, -0.15) is 0 Å². The Labute approximate surface area is 134 Å². The quantitative estimate of drug-likeness (QED) is 0.484. The Hall–Kier alpha value is -1.86. The Kier molecular flexibility index (Phi) is 5.35. The van der Waals surface area contributed by atoms with Crippen LogP contribution in [0.4, 0.5) is 5.69 Å². The molecule has 110 valence electrons. The number of carbonyl (C=O) groups is 1. The number of hydrogen-bond acceptors (Lipinski definition) is 4. The van der Waals surface area contributed by atoms with Gasteiger partial charge in [0.15, 0.2) is 5.84 Å². The van der Waals surface area contributed by atoms with Crippen molar-refractivity contribution in [1.29, 1.82) is 0 Å². The van der Waals surface area contributed by atoms with Crippen molar-refractivity contribution in [2.75, 3.05) is 5.32 Å². The maximum atomic E-state index is 11.9. The summed E-state index contributed by atoms with van der Waals surface area (Å²) < 4.78 is 0.943. The van der Waals surface area contributed by atoms with Crippen molar-refractivity contribution < 1.29 is 9.63 Å². The Morgan fingerprint density at radius 2 is 2.10 bits per heavy atom. The fraction of sp³-hybridized carbons (Fsp3) is 0.143. The van der Waals surface area contributed by atoms with Crippen LogP contribution in [0.3, 0.4) is 0 Å². The van der Waals surface area contributed by atoms with Crippen LogP contribution < -0.4 is 11.1 Å². The van der Waals surface area contributed by atoms with Crippen LogP contribution in [0, 0.1) is 0 Å². The molecule has 0 saturated heterocycles. The molecule has 5 nitrogen and oxygen atoms in total. The number of nitrogens with two attached hydrogens (primary N) is 1. The summed E-state index contributed by atoms with van der Waals surface area (Å²) in [6.07, 6.45) is -0.743. The normalized spacial score (nSPS) is 12.8. The molecule has 1 heterocycles. The molecule has 1 unspecified atom stereocenters. The number of amides is 1. The standard InChI is InChI=1S/C14H14BrN3O2S/c1-9(20-18-13(16)12-3-2-8-21-12)14(19)17-11-6-4-10(15)5-7-11/h2-9H,1H3,(H2,16,18)(H,17,19). The van der Waals surface area contributed by atoms with Crippen LogP contribution in [0.1, 0.15) is 11.8 Å². The summed E-state index contributed by atoms with van der Waals surface area (Å²) in [6.45, 7) is 1.61. The highest BCUT2D eigenvalue weighted by Crippen LogP contribution is 2.14. The molecule has 0 bridgehead atoms. The second kappa shape index (κ2) is 7.24. The Bertz CT molecular complexity index is 626. The SMILES string of the molecule is CC(O/N=C(/N)c1cccs1)C(=O)Nc1ccc(Br)cc1. The average molecular weight is 368 g/mol. The lowest BCUT2D eigenvalue weighted by molar-refractivity contribution is -0.126. The smallest absolute Gasteiger partial charge is 0.267 e. The number of nitrogens with one attached hydrogen (secondary N) is 1. The van der Waals surface area contributed by atoms with Gasteiger partial charge in [0, 0.05) is 10.2 Å². The van der Waals surface area contributed by atoms with Gasteiger partial charge in [-0.15, -0.1) is 11.3 Å². The predicted octanol–water partition coefficient (Wildman–Crippen LogP) is 3.17. The van der Waals surface area contributed by atoms with E-state index in [1.165, 1.54) is 11.3 Å². The summed E-state index contributed by atoms with van der Waals surface area (Å²) in [5.74, 6) is -0.0339. The van der Waals surface area contributed by atoms with Crippen molar-refractivity contribution in [3.63, 3.8) is 0 Å². The molecule has 1 amide bonds. The minimum absolute atomic E-state index is 0.258. The first-order valence-electron chi connectivity index (χ1n) is 6.16. The predicted molar refractivity (Wildman–Crippen MR) is 88.4 cm³/mol. The van der Waals surface area contributed by atoms with Gasteiger partial charge < -0.3 is 15.9 Å². The number of oxime groups is 1. The summed E-state index contributed by atoms with van der Waals surface area (Å²) in [5, 5.41) is 8.41. The van der Waals surface area contributed by atoms with Gasteiger partial charge in [-0.25, -0.2) is 0 Å². The Balaban J connectivity index is 1.90. The highest BCUT2D eigenvalue weighted by molar-refractivity contribution is 9.10. The number of benzene rings is 1. The van der Waals surface area contributed by atoms with E-state index in [1.54, 1.807) is 19.1 Å². The van der Waals surface area contributed by atoms with E-state index in [9.17, 15) is 4.79 Å². The minimum Gasteiger partial charge on any atom is -0.381 e. The summed E-state index contributed by atoms with van der Waals surface area (Å²) in [6, 6.07) is 11.0. The molecule has 0 radical (unpaired) electrons. The number of rotatable bonds is 5. The van der Waals surface area contributed by atoms with Crippen LogP contribution in [0.15, 0.2) is 51.4 Å². The van der Waals surface area contributed by atoms with Crippen molar-refractivity contribution in [1.82, 2.24) is 0 Å². The molecule has 1 aromatic carbocycles. The van der Waals surface area contributed by atoms with Gasteiger partial charge in [0.2, 0.25) is 6.10 Å². The van der Waals surface area contributed by atoms with E-state index >= 15 is 0 Å². The molecule has 21 heavy (non-hydrogen) atoms. The second-order valence-corrected chi connectivity index (χ2v) is 6.06. The summed E-state index contributed by atoms with van der Waals surface area (Å²) in [4.78, 5) is 17.9. The second-order valence-electron chi connectivity index (χ2n) is 4.20. The molecule has 7 heteroatoms.